The highest BCUT2D eigenvalue weighted by Gasteiger charge is 2.31. The van der Waals surface area contributed by atoms with Crippen LogP contribution in [0.2, 0.25) is 0 Å². The first kappa shape index (κ1) is 36.5. The lowest BCUT2D eigenvalue weighted by molar-refractivity contribution is -0.177. The second-order valence-corrected chi connectivity index (χ2v) is 8.32. The molecule has 0 bridgehead atoms. The van der Waals surface area contributed by atoms with Crippen molar-refractivity contribution in [2.24, 2.45) is 0 Å². The fourth-order valence-electron chi connectivity index (χ4n) is 1.98. The molecule has 0 saturated heterocycles. The van der Waals surface area contributed by atoms with Crippen LogP contribution in [0.25, 0.3) is 0 Å². The third kappa shape index (κ3) is 31.7. The number of ether oxygens (including phenoxy) is 6. The van der Waals surface area contributed by atoms with Gasteiger partial charge >= 0.3 is 33.7 Å². The number of hydrogen-bond acceptors (Lipinski definition) is 9. The van der Waals surface area contributed by atoms with Gasteiger partial charge in [-0.25, -0.2) is 0 Å². The minimum Gasteiger partial charge on any atom is -0.452 e. The average Bonchev–Trinajstić information content (AvgIpc) is 2.76. The van der Waals surface area contributed by atoms with Crippen LogP contribution in [-0.4, -0.2) is 133 Å². The lowest BCUT2D eigenvalue weighted by atomic mass is 10.7. The third-order valence-electron chi connectivity index (χ3n) is 3.36. The summed E-state index contributed by atoms with van der Waals surface area (Å²) in [5.41, 5.74) is 0. The van der Waals surface area contributed by atoms with Crippen molar-refractivity contribution in [3.8, 4) is 0 Å². The standard InChI is InChI=1S/3C6H10F3O3.Al/c3*7-6(8,9)5-12-4-3-11-2-1-10;/h3*1-5H2;/q3*-1;+3. The molecule has 0 N–H and O–H groups in total. The highest BCUT2D eigenvalue weighted by Crippen LogP contribution is 2.15. The summed E-state index contributed by atoms with van der Waals surface area (Å²) >= 11 is -2.78. The molecule has 222 valence electrons. The van der Waals surface area contributed by atoms with Crippen LogP contribution < -0.4 is 0 Å². The Labute approximate surface area is 212 Å². The van der Waals surface area contributed by atoms with Crippen molar-refractivity contribution in [1.29, 1.82) is 0 Å². The summed E-state index contributed by atoms with van der Waals surface area (Å²) in [7, 11) is 0. The molecule has 9 nitrogen and oxygen atoms in total. The minimum atomic E-state index is -4.43. The molecular weight excluding hydrogens is 558 g/mol. The van der Waals surface area contributed by atoms with E-state index in [0.717, 1.165) is 0 Å². The zero-order chi connectivity index (χ0) is 28.0. The van der Waals surface area contributed by atoms with Gasteiger partial charge in [0.15, 0.2) is 0 Å². The summed E-state index contributed by atoms with van der Waals surface area (Å²) < 4.78 is 152. The molecule has 0 aromatic carbocycles. The molecule has 0 fully saturated rings. The highest BCUT2D eigenvalue weighted by atomic mass is 27.3. The van der Waals surface area contributed by atoms with E-state index in [4.69, 9.17) is 25.6 Å². The van der Waals surface area contributed by atoms with E-state index in [9.17, 15) is 39.5 Å². The van der Waals surface area contributed by atoms with Gasteiger partial charge in [0.2, 0.25) is 0 Å². The Kier molecular flexibility index (Phi) is 21.1. The molecule has 0 atom stereocenters. The molecule has 0 aromatic heterocycles. The zero-order valence-electron chi connectivity index (χ0n) is 19.8. The van der Waals surface area contributed by atoms with Crippen LogP contribution in [0.3, 0.4) is 0 Å². The number of alkyl halides is 9. The first-order chi connectivity index (χ1) is 17.3. The second kappa shape index (κ2) is 21.4. The normalized spacial score (nSPS) is 12.9. The van der Waals surface area contributed by atoms with Crippen molar-refractivity contribution in [3.63, 3.8) is 0 Å². The molecule has 0 amide bonds. The van der Waals surface area contributed by atoms with E-state index in [0.29, 0.717) is 0 Å². The maximum Gasteiger partial charge on any atom is 0.905 e. The third-order valence-corrected chi connectivity index (χ3v) is 4.88. The van der Waals surface area contributed by atoms with E-state index in [1.807, 2.05) is 0 Å². The van der Waals surface area contributed by atoms with Gasteiger partial charge in [0, 0.05) is 19.8 Å². The van der Waals surface area contributed by atoms with E-state index in [-0.39, 0.29) is 79.3 Å². The van der Waals surface area contributed by atoms with Gasteiger partial charge in [0.05, 0.1) is 59.5 Å². The molecule has 0 spiro atoms. The van der Waals surface area contributed by atoms with Gasteiger partial charge in [0.25, 0.3) is 0 Å². The van der Waals surface area contributed by atoms with Crippen LogP contribution >= 0.6 is 0 Å². The van der Waals surface area contributed by atoms with Crippen LogP contribution in [0.5, 0.6) is 0 Å². The predicted octanol–water partition coefficient (Wildman–Crippen LogP) is 2.81. The fraction of sp³-hybridized carbons (Fsp3) is 1.00. The predicted molar refractivity (Wildman–Crippen MR) is 107 cm³/mol. The van der Waals surface area contributed by atoms with E-state index in [1.165, 1.54) is 0 Å². The van der Waals surface area contributed by atoms with Crippen molar-refractivity contribution in [2.75, 3.05) is 99.1 Å². The van der Waals surface area contributed by atoms with E-state index >= 15 is 0 Å². The van der Waals surface area contributed by atoms with Gasteiger partial charge in [-0.2, -0.15) is 39.5 Å². The minimum absolute atomic E-state index is 0.00825. The lowest BCUT2D eigenvalue weighted by Gasteiger charge is -2.15. The van der Waals surface area contributed by atoms with Crippen molar-refractivity contribution < 1.29 is 79.3 Å². The van der Waals surface area contributed by atoms with Crippen LogP contribution in [0.15, 0.2) is 0 Å². The Morgan fingerprint density at radius 1 is 0.324 bits per heavy atom. The second-order valence-electron chi connectivity index (χ2n) is 6.74. The molecule has 0 heterocycles. The monoisotopic (exact) mass is 588 g/mol. The maximum atomic E-state index is 11.9. The summed E-state index contributed by atoms with van der Waals surface area (Å²) in [4.78, 5) is 0. The van der Waals surface area contributed by atoms with Crippen LogP contribution in [0.1, 0.15) is 0 Å². The fourth-order valence-corrected chi connectivity index (χ4v) is 3.13. The smallest absolute Gasteiger partial charge is 0.452 e. The van der Waals surface area contributed by atoms with E-state index in [1.54, 1.807) is 0 Å². The number of halogens is 9. The SMILES string of the molecule is FC(F)(F)COCCOCC[O][Al]([O]CCOCCOCC(F)(F)F)[O]CCOCCOCC(F)(F)F. The zero-order valence-corrected chi connectivity index (χ0v) is 20.9. The lowest BCUT2D eigenvalue weighted by Crippen LogP contribution is -2.32. The molecule has 0 aliphatic carbocycles. The van der Waals surface area contributed by atoms with Gasteiger partial charge in [-0.1, -0.05) is 0 Å². The molecule has 19 heteroatoms. The summed E-state index contributed by atoms with van der Waals surface area (Å²) in [5.74, 6) is 0. The number of hydrogen-bond donors (Lipinski definition) is 0. The molecule has 0 aromatic rings. The average molecular weight is 588 g/mol. The van der Waals surface area contributed by atoms with Crippen LogP contribution in [0, 0.1) is 0 Å². The summed E-state index contributed by atoms with van der Waals surface area (Å²) in [6, 6.07) is 0. The Balaban J connectivity index is 4.03. The Morgan fingerprint density at radius 2 is 0.541 bits per heavy atom. The number of rotatable bonds is 24. The topological polar surface area (TPSA) is 83.1 Å². The molecule has 0 saturated carbocycles. The van der Waals surface area contributed by atoms with Crippen molar-refractivity contribution in [1.82, 2.24) is 0 Å². The first-order valence-corrected chi connectivity index (χ1v) is 12.2. The molecule has 0 radical (unpaired) electrons. The summed E-state index contributed by atoms with van der Waals surface area (Å²) in [6.07, 6.45) is -13.3. The summed E-state index contributed by atoms with van der Waals surface area (Å²) in [6.45, 7) is -5.46. The molecule has 0 aliphatic heterocycles. The van der Waals surface area contributed by atoms with Crippen molar-refractivity contribution in [3.05, 3.63) is 0 Å². The van der Waals surface area contributed by atoms with Gasteiger partial charge in [-0.3, -0.25) is 0 Å². The van der Waals surface area contributed by atoms with Crippen molar-refractivity contribution in [2.45, 2.75) is 18.5 Å². The molecule has 0 aliphatic rings. The first-order valence-electron chi connectivity index (χ1n) is 10.8. The Morgan fingerprint density at radius 3 is 0.784 bits per heavy atom. The quantitative estimate of drug-likeness (QED) is 0.0961. The molecular formula is C18H30AlF9O9. The highest BCUT2D eigenvalue weighted by molar-refractivity contribution is 6.36. The van der Waals surface area contributed by atoms with Crippen LogP contribution in [-0.2, 0) is 39.8 Å². The maximum absolute atomic E-state index is 11.9. The van der Waals surface area contributed by atoms with Gasteiger partial charge in [-0.05, 0) is 0 Å². The molecule has 37 heavy (non-hydrogen) atoms. The van der Waals surface area contributed by atoms with E-state index < -0.39 is 53.5 Å². The van der Waals surface area contributed by atoms with Gasteiger partial charge in [0.1, 0.15) is 19.8 Å². The summed E-state index contributed by atoms with van der Waals surface area (Å²) in [5, 5.41) is 0. The Bertz CT molecular complexity index is 455. The van der Waals surface area contributed by atoms with Gasteiger partial charge < -0.3 is 39.8 Å². The van der Waals surface area contributed by atoms with E-state index in [2.05, 4.69) is 14.2 Å². The van der Waals surface area contributed by atoms with Gasteiger partial charge in [-0.15, -0.1) is 0 Å². The van der Waals surface area contributed by atoms with Crippen molar-refractivity contribution >= 4 is 15.1 Å². The van der Waals surface area contributed by atoms with Crippen LogP contribution in [0.4, 0.5) is 39.5 Å². The molecule has 0 unspecified atom stereocenters. The molecule has 0 rings (SSSR count). The largest absolute Gasteiger partial charge is 0.905 e. The Hall–Kier alpha value is -0.458.